The maximum Gasteiger partial charge on any atom is 0.245 e. The Labute approximate surface area is 120 Å². The number of rotatable bonds is 3. The highest BCUT2D eigenvalue weighted by Crippen LogP contribution is 2.32. The maximum absolute atomic E-state index is 12.6. The van der Waals surface area contributed by atoms with Gasteiger partial charge in [-0.15, -0.1) is 0 Å². The van der Waals surface area contributed by atoms with Gasteiger partial charge in [-0.05, 0) is 23.8 Å². The van der Waals surface area contributed by atoms with E-state index in [0.717, 1.165) is 38.2 Å². The van der Waals surface area contributed by atoms with Crippen molar-refractivity contribution in [2.24, 2.45) is 5.41 Å². The second-order valence-corrected chi connectivity index (χ2v) is 6.17. The molecule has 20 heavy (non-hydrogen) atoms. The van der Waals surface area contributed by atoms with Crippen LogP contribution in [0.15, 0.2) is 30.3 Å². The lowest BCUT2D eigenvalue weighted by molar-refractivity contribution is -0.131. The standard InChI is InChI=1S/C16H22N2O2/c1-16(7-9-20-10-8-16)11-18-12-17-14(15(18)19)13-5-3-2-4-6-13/h2-6,14,17H,7-12H2,1H3. The van der Waals surface area contributed by atoms with Crippen LogP contribution in [0.25, 0.3) is 0 Å². The minimum Gasteiger partial charge on any atom is -0.381 e. The van der Waals surface area contributed by atoms with E-state index in [1.807, 2.05) is 35.2 Å². The first-order valence-corrected chi connectivity index (χ1v) is 7.33. The molecule has 1 amide bonds. The van der Waals surface area contributed by atoms with Gasteiger partial charge in [0.25, 0.3) is 0 Å². The molecule has 1 aromatic rings. The van der Waals surface area contributed by atoms with Crippen molar-refractivity contribution in [2.45, 2.75) is 25.8 Å². The Balaban J connectivity index is 1.67. The lowest BCUT2D eigenvalue weighted by atomic mass is 9.82. The van der Waals surface area contributed by atoms with Gasteiger partial charge in [-0.3, -0.25) is 10.1 Å². The summed E-state index contributed by atoms with van der Waals surface area (Å²) >= 11 is 0. The number of amides is 1. The van der Waals surface area contributed by atoms with E-state index in [9.17, 15) is 4.79 Å². The minimum atomic E-state index is -0.181. The molecule has 0 spiro atoms. The molecule has 2 fully saturated rings. The zero-order valence-corrected chi connectivity index (χ0v) is 12.0. The van der Waals surface area contributed by atoms with Crippen LogP contribution in [0.2, 0.25) is 0 Å². The van der Waals surface area contributed by atoms with E-state index >= 15 is 0 Å². The molecule has 108 valence electrons. The predicted octanol–water partition coefficient (Wildman–Crippen LogP) is 1.93. The van der Waals surface area contributed by atoms with Crippen LogP contribution < -0.4 is 5.32 Å². The lowest BCUT2D eigenvalue weighted by Gasteiger charge is -2.36. The van der Waals surface area contributed by atoms with Crippen molar-refractivity contribution in [1.29, 1.82) is 0 Å². The highest BCUT2D eigenvalue weighted by Gasteiger charge is 2.37. The largest absolute Gasteiger partial charge is 0.381 e. The van der Waals surface area contributed by atoms with Crippen molar-refractivity contribution in [3.8, 4) is 0 Å². The van der Waals surface area contributed by atoms with Crippen LogP contribution in [0, 0.1) is 5.41 Å². The number of carbonyl (C=O) groups is 1. The molecule has 2 aliphatic heterocycles. The zero-order chi connectivity index (χ0) is 14.0. The van der Waals surface area contributed by atoms with Crippen LogP contribution in [-0.2, 0) is 9.53 Å². The van der Waals surface area contributed by atoms with Crippen molar-refractivity contribution in [3.63, 3.8) is 0 Å². The van der Waals surface area contributed by atoms with Crippen molar-refractivity contribution < 1.29 is 9.53 Å². The van der Waals surface area contributed by atoms with Gasteiger partial charge in [-0.1, -0.05) is 37.3 Å². The molecule has 0 aromatic heterocycles. The summed E-state index contributed by atoms with van der Waals surface area (Å²) in [7, 11) is 0. The topological polar surface area (TPSA) is 41.6 Å². The molecular formula is C16H22N2O2. The third-order valence-electron chi connectivity index (χ3n) is 4.45. The second-order valence-electron chi connectivity index (χ2n) is 6.17. The molecule has 4 heteroatoms. The molecule has 3 rings (SSSR count). The Kier molecular flexibility index (Phi) is 3.76. The highest BCUT2D eigenvalue weighted by atomic mass is 16.5. The van der Waals surface area contributed by atoms with E-state index in [-0.39, 0.29) is 17.4 Å². The number of hydrogen-bond donors (Lipinski definition) is 1. The molecule has 0 radical (unpaired) electrons. The van der Waals surface area contributed by atoms with Gasteiger partial charge < -0.3 is 9.64 Å². The quantitative estimate of drug-likeness (QED) is 0.916. The van der Waals surface area contributed by atoms with Gasteiger partial charge >= 0.3 is 0 Å². The normalized spacial score (nSPS) is 25.9. The Morgan fingerprint density at radius 1 is 1.30 bits per heavy atom. The van der Waals surface area contributed by atoms with Crippen LogP contribution in [-0.4, -0.2) is 37.2 Å². The van der Waals surface area contributed by atoms with Crippen molar-refractivity contribution >= 4 is 5.91 Å². The first kappa shape index (κ1) is 13.6. The summed E-state index contributed by atoms with van der Waals surface area (Å²) in [5, 5.41) is 3.32. The van der Waals surface area contributed by atoms with Crippen molar-refractivity contribution in [2.75, 3.05) is 26.4 Å². The van der Waals surface area contributed by atoms with E-state index in [1.54, 1.807) is 0 Å². The third-order valence-corrected chi connectivity index (χ3v) is 4.45. The molecule has 4 nitrogen and oxygen atoms in total. The monoisotopic (exact) mass is 274 g/mol. The van der Waals surface area contributed by atoms with Crippen LogP contribution in [0.1, 0.15) is 31.4 Å². The number of nitrogens with zero attached hydrogens (tertiary/aromatic N) is 1. The summed E-state index contributed by atoms with van der Waals surface area (Å²) in [6.07, 6.45) is 2.07. The summed E-state index contributed by atoms with van der Waals surface area (Å²) in [5.74, 6) is 0.198. The Morgan fingerprint density at radius 3 is 2.70 bits per heavy atom. The first-order chi connectivity index (χ1) is 9.68. The van der Waals surface area contributed by atoms with Crippen LogP contribution in [0.4, 0.5) is 0 Å². The van der Waals surface area contributed by atoms with Crippen molar-refractivity contribution in [1.82, 2.24) is 10.2 Å². The SMILES string of the molecule is CC1(CN2CNC(c3ccccc3)C2=O)CCOCC1. The number of benzene rings is 1. The smallest absolute Gasteiger partial charge is 0.245 e. The van der Waals surface area contributed by atoms with Gasteiger partial charge in [0, 0.05) is 19.8 Å². The summed E-state index contributed by atoms with van der Waals surface area (Å²) in [5.41, 5.74) is 1.25. The van der Waals surface area contributed by atoms with Gasteiger partial charge in [-0.25, -0.2) is 0 Å². The molecule has 0 aliphatic carbocycles. The van der Waals surface area contributed by atoms with Gasteiger partial charge in [-0.2, -0.15) is 0 Å². The Bertz CT molecular complexity index is 469. The average molecular weight is 274 g/mol. The number of nitrogens with one attached hydrogen (secondary N) is 1. The fourth-order valence-corrected chi connectivity index (χ4v) is 3.07. The van der Waals surface area contributed by atoms with Gasteiger partial charge in [0.15, 0.2) is 0 Å². The van der Waals surface area contributed by atoms with Crippen molar-refractivity contribution in [3.05, 3.63) is 35.9 Å². The van der Waals surface area contributed by atoms with Crippen LogP contribution >= 0.6 is 0 Å². The molecule has 0 saturated carbocycles. The maximum atomic E-state index is 12.6. The fraction of sp³-hybridized carbons (Fsp3) is 0.562. The van der Waals surface area contributed by atoms with E-state index in [1.165, 1.54) is 0 Å². The minimum absolute atomic E-state index is 0.181. The van der Waals surface area contributed by atoms with E-state index < -0.39 is 0 Å². The number of carbonyl (C=O) groups excluding carboxylic acids is 1. The molecule has 1 atom stereocenters. The van der Waals surface area contributed by atoms with E-state index in [2.05, 4.69) is 12.2 Å². The Hall–Kier alpha value is -1.39. The van der Waals surface area contributed by atoms with E-state index in [4.69, 9.17) is 4.74 Å². The summed E-state index contributed by atoms with van der Waals surface area (Å²) in [6, 6.07) is 9.77. The Morgan fingerprint density at radius 2 is 2.00 bits per heavy atom. The van der Waals surface area contributed by atoms with Crippen LogP contribution in [0.5, 0.6) is 0 Å². The fourth-order valence-electron chi connectivity index (χ4n) is 3.07. The molecule has 2 heterocycles. The summed E-state index contributed by atoms with van der Waals surface area (Å²) in [6.45, 7) is 5.36. The molecule has 1 aromatic carbocycles. The van der Waals surface area contributed by atoms with Gasteiger partial charge in [0.05, 0.1) is 6.67 Å². The average Bonchev–Trinajstić information content (AvgIpc) is 2.81. The number of ether oxygens (including phenoxy) is 1. The second kappa shape index (κ2) is 5.54. The third kappa shape index (κ3) is 2.72. The van der Waals surface area contributed by atoms with Crippen LogP contribution in [0.3, 0.4) is 0 Å². The molecule has 0 bridgehead atoms. The molecule has 2 aliphatic rings. The summed E-state index contributed by atoms with van der Waals surface area (Å²) in [4.78, 5) is 14.5. The van der Waals surface area contributed by atoms with Gasteiger partial charge in [0.1, 0.15) is 6.04 Å². The molecular weight excluding hydrogens is 252 g/mol. The molecule has 2 saturated heterocycles. The predicted molar refractivity (Wildman–Crippen MR) is 77.1 cm³/mol. The lowest BCUT2D eigenvalue weighted by Crippen LogP contribution is -2.41. The molecule has 1 N–H and O–H groups in total. The first-order valence-electron chi connectivity index (χ1n) is 7.33. The molecule has 1 unspecified atom stereocenters. The number of hydrogen-bond acceptors (Lipinski definition) is 3. The zero-order valence-electron chi connectivity index (χ0n) is 12.0. The van der Waals surface area contributed by atoms with Gasteiger partial charge in [0.2, 0.25) is 5.91 Å². The van der Waals surface area contributed by atoms with E-state index in [0.29, 0.717) is 6.67 Å². The highest BCUT2D eigenvalue weighted by molar-refractivity contribution is 5.85. The summed E-state index contributed by atoms with van der Waals surface area (Å²) < 4.78 is 5.43.